The summed E-state index contributed by atoms with van der Waals surface area (Å²) in [6.45, 7) is 0. The topological polar surface area (TPSA) is 84.0 Å². The summed E-state index contributed by atoms with van der Waals surface area (Å²) in [5.41, 5.74) is 5.14. The molecule has 0 aromatic rings. The molecule has 0 aromatic carbocycles. The maximum atomic E-state index is 10.8. The van der Waals surface area contributed by atoms with Gasteiger partial charge in [-0.05, 0) is 6.42 Å². The average Bonchev–Trinajstić information content (AvgIpc) is 2.10. The van der Waals surface area contributed by atoms with Gasteiger partial charge in [0, 0.05) is 5.92 Å². The van der Waals surface area contributed by atoms with E-state index in [0.717, 1.165) is 0 Å². The van der Waals surface area contributed by atoms with Crippen LogP contribution in [0.15, 0.2) is 0 Å². The van der Waals surface area contributed by atoms with Gasteiger partial charge in [0.25, 0.3) is 0 Å². The maximum Gasteiger partial charge on any atom is 0.151 e. The van der Waals surface area contributed by atoms with E-state index >= 15 is 0 Å². The Morgan fingerprint density at radius 3 is 2.27 bits per heavy atom. The van der Waals surface area contributed by atoms with E-state index < -0.39 is 9.84 Å². The molecule has 11 heavy (non-hydrogen) atoms. The first-order chi connectivity index (χ1) is 4.51. The minimum atomic E-state index is -2.86. The van der Waals surface area contributed by atoms with Crippen molar-refractivity contribution in [2.75, 3.05) is 11.5 Å². The molecule has 4 nitrogen and oxygen atoms in total. The van der Waals surface area contributed by atoms with E-state index in [4.69, 9.17) is 11.1 Å². The summed E-state index contributed by atoms with van der Waals surface area (Å²) >= 11 is 0. The van der Waals surface area contributed by atoms with Crippen molar-refractivity contribution in [3.63, 3.8) is 0 Å². The molecular weight excluding hydrogens is 188 g/mol. The second-order valence-electron chi connectivity index (χ2n) is 2.56. The largest absolute Gasteiger partial charge is 0.387 e. The summed E-state index contributed by atoms with van der Waals surface area (Å²) in [4.78, 5) is 0. The van der Waals surface area contributed by atoms with Gasteiger partial charge >= 0.3 is 0 Å². The highest BCUT2D eigenvalue weighted by atomic mass is 35.5. The highest BCUT2D eigenvalue weighted by Crippen LogP contribution is 2.17. The van der Waals surface area contributed by atoms with Crippen LogP contribution in [0.5, 0.6) is 0 Å². The van der Waals surface area contributed by atoms with Crippen molar-refractivity contribution in [3.8, 4) is 0 Å². The van der Waals surface area contributed by atoms with E-state index in [9.17, 15) is 8.42 Å². The van der Waals surface area contributed by atoms with Gasteiger partial charge in [0.2, 0.25) is 0 Å². The molecule has 0 aromatic heterocycles. The number of nitrogens with two attached hydrogens (primary N) is 1. The third kappa shape index (κ3) is 2.67. The van der Waals surface area contributed by atoms with Crippen LogP contribution in [-0.4, -0.2) is 25.8 Å². The number of halogens is 1. The van der Waals surface area contributed by atoms with Gasteiger partial charge in [-0.1, -0.05) is 0 Å². The average molecular weight is 199 g/mol. The summed E-state index contributed by atoms with van der Waals surface area (Å²) < 4.78 is 21.6. The molecule has 1 aliphatic rings. The van der Waals surface area contributed by atoms with E-state index in [2.05, 4.69) is 0 Å². The molecule has 1 heterocycles. The highest BCUT2D eigenvalue weighted by Gasteiger charge is 2.29. The lowest BCUT2D eigenvalue weighted by molar-refractivity contribution is 0.601. The molecule has 0 radical (unpaired) electrons. The monoisotopic (exact) mass is 198 g/mol. The summed E-state index contributed by atoms with van der Waals surface area (Å²) in [5.74, 6) is 0.0469. The lowest BCUT2D eigenvalue weighted by Crippen LogP contribution is -2.23. The number of nitrogens with one attached hydrogen (secondary N) is 1. The lowest BCUT2D eigenvalue weighted by Gasteiger charge is -2.01. The van der Waals surface area contributed by atoms with Crippen LogP contribution in [-0.2, 0) is 9.84 Å². The second kappa shape index (κ2) is 3.40. The van der Waals surface area contributed by atoms with Crippen LogP contribution in [0.2, 0.25) is 0 Å². The number of hydrogen-bond donors (Lipinski definition) is 2. The van der Waals surface area contributed by atoms with Crippen molar-refractivity contribution in [2.24, 2.45) is 11.7 Å². The first-order valence-corrected chi connectivity index (χ1v) is 4.88. The molecule has 0 saturated carbocycles. The normalized spacial score (nSPS) is 27.5. The zero-order valence-corrected chi connectivity index (χ0v) is 7.54. The van der Waals surface area contributed by atoms with Gasteiger partial charge in [-0.15, -0.1) is 12.4 Å². The maximum absolute atomic E-state index is 10.8. The first-order valence-electron chi connectivity index (χ1n) is 3.05. The zero-order valence-electron chi connectivity index (χ0n) is 5.91. The minimum Gasteiger partial charge on any atom is -0.387 e. The van der Waals surface area contributed by atoms with Crippen LogP contribution in [0, 0.1) is 11.3 Å². The zero-order chi connectivity index (χ0) is 7.78. The molecule has 1 atom stereocenters. The third-order valence-electron chi connectivity index (χ3n) is 1.67. The smallest absolute Gasteiger partial charge is 0.151 e. The molecule has 1 fully saturated rings. The quantitative estimate of drug-likeness (QED) is 0.451. The standard InChI is InChI=1S/C5H10N2O2S.ClH/c6-5(7)4-1-2-10(8,9)3-4;/h4H,1-3H2,(H3,6,7);1H. The Bertz CT molecular complexity index is 249. The molecule has 66 valence electrons. The number of amidine groups is 1. The van der Waals surface area contributed by atoms with Crippen molar-refractivity contribution in [1.29, 1.82) is 5.41 Å². The van der Waals surface area contributed by atoms with Crippen LogP contribution in [0.3, 0.4) is 0 Å². The van der Waals surface area contributed by atoms with Crippen molar-refractivity contribution < 1.29 is 8.42 Å². The Morgan fingerprint density at radius 1 is 1.55 bits per heavy atom. The summed E-state index contributed by atoms with van der Waals surface area (Å²) in [6.07, 6.45) is 0.525. The SMILES string of the molecule is Cl.N=C(N)C1CCS(=O)(=O)C1. The molecule has 1 unspecified atom stereocenters. The van der Waals surface area contributed by atoms with Gasteiger partial charge in [0.05, 0.1) is 17.3 Å². The van der Waals surface area contributed by atoms with Crippen molar-refractivity contribution in [1.82, 2.24) is 0 Å². The molecule has 6 heteroatoms. The van der Waals surface area contributed by atoms with Gasteiger partial charge in [0.1, 0.15) is 0 Å². The van der Waals surface area contributed by atoms with Crippen molar-refractivity contribution in [2.45, 2.75) is 6.42 Å². The van der Waals surface area contributed by atoms with Crippen LogP contribution < -0.4 is 5.73 Å². The Kier molecular flexibility index (Phi) is 3.31. The second-order valence-corrected chi connectivity index (χ2v) is 4.78. The summed E-state index contributed by atoms with van der Waals surface area (Å²) in [6, 6.07) is 0. The molecule has 1 saturated heterocycles. The Balaban J connectivity index is 0.000001000. The van der Waals surface area contributed by atoms with E-state index in [-0.39, 0.29) is 35.7 Å². The van der Waals surface area contributed by atoms with E-state index in [0.29, 0.717) is 6.42 Å². The van der Waals surface area contributed by atoms with Gasteiger partial charge in [-0.3, -0.25) is 5.41 Å². The van der Waals surface area contributed by atoms with Crippen LogP contribution in [0.1, 0.15) is 6.42 Å². The van der Waals surface area contributed by atoms with Crippen molar-refractivity contribution in [3.05, 3.63) is 0 Å². The fourth-order valence-corrected chi connectivity index (χ4v) is 2.81. The predicted octanol–water partition coefficient (Wildman–Crippen LogP) is -0.221. The van der Waals surface area contributed by atoms with Gasteiger partial charge in [0.15, 0.2) is 9.84 Å². The van der Waals surface area contributed by atoms with E-state index in [1.165, 1.54) is 0 Å². The van der Waals surface area contributed by atoms with Crippen LogP contribution in [0.25, 0.3) is 0 Å². The molecular formula is C5H11ClN2O2S. The fourth-order valence-electron chi connectivity index (χ4n) is 1.04. The molecule has 3 N–H and O–H groups in total. The van der Waals surface area contributed by atoms with Crippen molar-refractivity contribution >= 4 is 28.1 Å². The first kappa shape index (κ1) is 10.7. The molecule has 0 bridgehead atoms. The van der Waals surface area contributed by atoms with Gasteiger partial charge in [-0.2, -0.15) is 0 Å². The molecule has 1 rings (SSSR count). The fraction of sp³-hybridized carbons (Fsp3) is 0.800. The third-order valence-corrected chi connectivity index (χ3v) is 3.44. The molecule has 0 spiro atoms. The van der Waals surface area contributed by atoms with Gasteiger partial charge < -0.3 is 5.73 Å². The van der Waals surface area contributed by atoms with E-state index in [1.54, 1.807) is 0 Å². The van der Waals surface area contributed by atoms with Crippen LogP contribution >= 0.6 is 12.4 Å². The Hall–Kier alpha value is -0.290. The number of sulfone groups is 1. The minimum absolute atomic E-state index is 0. The Morgan fingerprint density at radius 2 is 2.09 bits per heavy atom. The molecule has 1 aliphatic heterocycles. The Labute approximate surface area is 72.0 Å². The number of hydrogen-bond acceptors (Lipinski definition) is 3. The summed E-state index contributed by atoms with van der Waals surface area (Å²) in [5, 5.41) is 6.98. The number of rotatable bonds is 1. The highest BCUT2D eigenvalue weighted by molar-refractivity contribution is 7.91. The lowest BCUT2D eigenvalue weighted by atomic mass is 10.1. The van der Waals surface area contributed by atoms with Gasteiger partial charge in [-0.25, -0.2) is 8.42 Å². The van der Waals surface area contributed by atoms with E-state index in [1.807, 2.05) is 0 Å². The van der Waals surface area contributed by atoms with Crippen LogP contribution in [0.4, 0.5) is 0 Å². The predicted molar refractivity (Wildman–Crippen MR) is 45.9 cm³/mol. The molecule has 0 aliphatic carbocycles. The summed E-state index contributed by atoms with van der Waals surface area (Å²) in [7, 11) is -2.86. The molecule has 0 amide bonds.